The molecule has 4 nitrogen and oxygen atoms in total. The molecule has 0 radical (unpaired) electrons. The molecule has 24 heavy (non-hydrogen) atoms. The van der Waals surface area contributed by atoms with E-state index in [1.165, 1.54) is 4.57 Å². The SMILES string of the molecule is O=c1c2ccccc2n2cncc2n1CC(F)c1cccc(Cl)c1. The highest BCUT2D eigenvalue weighted by atomic mass is 35.5. The number of hydrogen-bond acceptors (Lipinski definition) is 2. The number of hydrogen-bond donors (Lipinski definition) is 0. The van der Waals surface area contributed by atoms with Gasteiger partial charge in [-0.05, 0) is 29.8 Å². The second-order valence-electron chi connectivity index (χ2n) is 5.58. The molecule has 4 aromatic rings. The lowest BCUT2D eigenvalue weighted by Gasteiger charge is -2.14. The van der Waals surface area contributed by atoms with Crippen LogP contribution in [0.4, 0.5) is 4.39 Å². The van der Waals surface area contributed by atoms with Gasteiger partial charge in [0.25, 0.3) is 5.56 Å². The molecule has 2 heterocycles. The van der Waals surface area contributed by atoms with Gasteiger partial charge < -0.3 is 0 Å². The zero-order valence-electron chi connectivity index (χ0n) is 12.6. The second-order valence-corrected chi connectivity index (χ2v) is 6.01. The van der Waals surface area contributed by atoms with Gasteiger partial charge in [0.15, 0.2) is 0 Å². The van der Waals surface area contributed by atoms with Gasteiger partial charge in [0.2, 0.25) is 0 Å². The van der Waals surface area contributed by atoms with Crippen LogP contribution in [0.5, 0.6) is 0 Å². The van der Waals surface area contributed by atoms with Gasteiger partial charge >= 0.3 is 0 Å². The van der Waals surface area contributed by atoms with E-state index in [0.717, 1.165) is 5.52 Å². The van der Waals surface area contributed by atoms with E-state index in [-0.39, 0.29) is 12.1 Å². The number of benzene rings is 2. The van der Waals surface area contributed by atoms with Gasteiger partial charge in [0.1, 0.15) is 18.1 Å². The quantitative estimate of drug-likeness (QED) is 0.564. The average Bonchev–Trinajstić information content (AvgIpc) is 3.08. The van der Waals surface area contributed by atoms with E-state index in [9.17, 15) is 9.18 Å². The predicted molar refractivity (Wildman–Crippen MR) is 92.3 cm³/mol. The molecule has 0 aliphatic rings. The van der Waals surface area contributed by atoms with Crippen molar-refractivity contribution in [3.05, 3.63) is 82.0 Å². The van der Waals surface area contributed by atoms with Crippen LogP contribution < -0.4 is 5.56 Å². The van der Waals surface area contributed by atoms with Crippen molar-refractivity contribution >= 4 is 28.2 Å². The van der Waals surface area contributed by atoms with Crippen molar-refractivity contribution in [1.82, 2.24) is 14.0 Å². The maximum Gasteiger partial charge on any atom is 0.261 e. The maximum atomic E-state index is 14.8. The molecule has 0 spiro atoms. The van der Waals surface area contributed by atoms with Crippen molar-refractivity contribution in [2.75, 3.05) is 0 Å². The Hall–Kier alpha value is -2.66. The van der Waals surface area contributed by atoms with Crippen LogP contribution in [0.15, 0.2) is 65.8 Å². The number of aromatic nitrogens is 3. The van der Waals surface area contributed by atoms with Crippen molar-refractivity contribution in [2.24, 2.45) is 0 Å². The third-order valence-electron chi connectivity index (χ3n) is 4.09. The van der Waals surface area contributed by atoms with Gasteiger partial charge in [-0.2, -0.15) is 0 Å². The lowest BCUT2D eigenvalue weighted by molar-refractivity contribution is 0.303. The first-order valence-corrected chi connectivity index (χ1v) is 7.86. The topological polar surface area (TPSA) is 39.3 Å². The Morgan fingerprint density at radius 1 is 1.17 bits per heavy atom. The molecule has 0 N–H and O–H groups in total. The first kappa shape index (κ1) is 14.9. The molecule has 0 aliphatic carbocycles. The van der Waals surface area contributed by atoms with Crippen LogP contribution >= 0.6 is 11.6 Å². The first-order valence-electron chi connectivity index (χ1n) is 7.48. The molecule has 1 atom stereocenters. The predicted octanol–water partition coefficient (Wildman–Crippen LogP) is 4.01. The molecule has 0 aliphatic heterocycles. The number of alkyl halides is 1. The Bertz CT molecular complexity index is 1100. The third kappa shape index (κ3) is 2.37. The van der Waals surface area contributed by atoms with Crippen LogP contribution in [0.2, 0.25) is 5.02 Å². The van der Waals surface area contributed by atoms with Gasteiger partial charge in [-0.25, -0.2) is 9.37 Å². The standard InChI is InChI=1S/C18H13ClFN3O/c19-13-5-3-4-12(8-13)15(20)10-22-17-9-21-11-23(17)16-7-2-1-6-14(16)18(22)24/h1-9,11,15H,10H2. The minimum absolute atomic E-state index is 0.0980. The van der Waals surface area contributed by atoms with Crippen LogP contribution in [0, 0.1) is 0 Å². The summed E-state index contributed by atoms with van der Waals surface area (Å²) < 4.78 is 18.0. The number of fused-ring (bicyclic) bond motifs is 3. The van der Waals surface area contributed by atoms with Crippen molar-refractivity contribution < 1.29 is 4.39 Å². The van der Waals surface area contributed by atoms with Crippen LogP contribution in [-0.2, 0) is 6.54 Å². The highest BCUT2D eigenvalue weighted by Gasteiger charge is 2.16. The van der Waals surface area contributed by atoms with Crippen LogP contribution in [0.1, 0.15) is 11.7 Å². The van der Waals surface area contributed by atoms with Crippen LogP contribution in [0.3, 0.4) is 0 Å². The van der Waals surface area contributed by atoms with E-state index in [1.807, 2.05) is 12.1 Å². The molecule has 0 fully saturated rings. The van der Waals surface area contributed by atoms with Gasteiger partial charge in [0, 0.05) is 5.02 Å². The number of para-hydroxylation sites is 1. The van der Waals surface area contributed by atoms with Crippen LogP contribution in [-0.4, -0.2) is 14.0 Å². The minimum Gasteiger partial charge on any atom is -0.289 e. The van der Waals surface area contributed by atoms with Crippen molar-refractivity contribution in [3.8, 4) is 0 Å². The Morgan fingerprint density at radius 2 is 2.00 bits per heavy atom. The molecule has 1 unspecified atom stereocenters. The minimum atomic E-state index is -1.35. The van der Waals surface area contributed by atoms with Crippen molar-refractivity contribution in [2.45, 2.75) is 12.7 Å². The molecule has 2 aromatic heterocycles. The fourth-order valence-corrected chi connectivity index (χ4v) is 3.13. The maximum absolute atomic E-state index is 14.8. The van der Waals surface area contributed by atoms with E-state index >= 15 is 0 Å². The molecule has 0 amide bonds. The van der Waals surface area contributed by atoms with E-state index in [0.29, 0.717) is 21.6 Å². The molecule has 120 valence electrons. The molecular weight excluding hydrogens is 329 g/mol. The Kier molecular flexibility index (Phi) is 3.58. The lowest BCUT2D eigenvalue weighted by Crippen LogP contribution is -2.24. The Labute approximate surface area is 141 Å². The first-order chi connectivity index (χ1) is 11.6. The fraction of sp³-hybridized carbons (Fsp3) is 0.111. The number of nitrogens with zero attached hydrogens (tertiary/aromatic N) is 3. The molecular formula is C18H13ClFN3O. The molecule has 2 aromatic carbocycles. The molecule has 6 heteroatoms. The summed E-state index contributed by atoms with van der Waals surface area (Å²) in [5, 5.41) is 0.997. The zero-order chi connectivity index (χ0) is 16.7. The van der Waals surface area contributed by atoms with E-state index in [1.54, 1.807) is 53.3 Å². The fourth-order valence-electron chi connectivity index (χ4n) is 2.93. The average molecular weight is 342 g/mol. The molecule has 0 saturated heterocycles. The smallest absolute Gasteiger partial charge is 0.261 e. The molecule has 4 rings (SSSR count). The second kappa shape index (κ2) is 5.76. The van der Waals surface area contributed by atoms with Crippen molar-refractivity contribution in [3.63, 3.8) is 0 Å². The Balaban J connectivity index is 1.88. The van der Waals surface area contributed by atoms with E-state index in [2.05, 4.69) is 4.98 Å². The number of imidazole rings is 1. The largest absolute Gasteiger partial charge is 0.289 e. The van der Waals surface area contributed by atoms with Crippen LogP contribution in [0.25, 0.3) is 16.6 Å². The summed E-state index contributed by atoms with van der Waals surface area (Å²) >= 11 is 5.93. The Morgan fingerprint density at radius 3 is 2.83 bits per heavy atom. The lowest BCUT2D eigenvalue weighted by atomic mass is 10.1. The number of halogens is 2. The summed E-state index contributed by atoms with van der Waals surface area (Å²) in [6.45, 7) is -0.0980. The summed E-state index contributed by atoms with van der Waals surface area (Å²) in [5.74, 6) is 0. The number of rotatable bonds is 3. The molecule has 0 saturated carbocycles. The van der Waals surface area contributed by atoms with E-state index in [4.69, 9.17) is 11.6 Å². The monoisotopic (exact) mass is 341 g/mol. The summed E-state index contributed by atoms with van der Waals surface area (Å²) in [5.41, 5.74) is 1.52. The van der Waals surface area contributed by atoms with Gasteiger partial charge in [0.05, 0.1) is 23.6 Å². The van der Waals surface area contributed by atoms with Crippen molar-refractivity contribution in [1.29, 1.82) is 0 Å². The zero-order valence-corrected chi connectivity index (χ0v) is 13.3. The van der Waals surface area contributed by atoms with E-state index < -0.39 is 6.17 Å². The van der Waals surface area contributed by atoms with Gasteiger partial charge in [-0.1, -0.05) is 35.9 Å². The third-order valence-corrected chi connectivity index (χ3v) is 4.32. The summed E-state index contributed by atoms with van der Waals surface area (Å²) in [4.78, 5) is 16.9. The van der Waals surface area contributed by atoms with Gasteiger partial charge in [-0.3, -0.25) is 13.8 Å². The summed E-state index contributed by atoms with van der Waals surface area (Å²) in [7, 11) is 0. The summed E-state index contributed by atoms with van der Waals surface area (Å²) in [6.07, 6.45) is 1.85. The highest BCUT2D eigenvalue weighted by Crippen LogP contribution is 2.23. The van der Waals surface area contributed by atoms with Gasteiger partial charge in [-0.15, -0.1) is 0 Å². The molecule has 0 bridgehead atoms. The summed E-state index contributed by atoms with van der Waals surface area (Å²) in [6, 6.07) is 13.9. The highest BCUT2D eigenvalue weighted by molar-refractivity contribution is 6.30. The normalized spacial score (nSPS) is 12.8.